The molecule has 1 aliphatic heterocycles. The smallest absolute Gasteiger partial charge is 0.410 e. The highest BCUT2D eigenvalue weighted by Gasteiger charge is 2.30. The molecule has 1 aromatic carbocycles. The first-order valence-electron chi connectivity index (χ1n) is 11.0. The number of hydrogen-bond acceptors (Lipinski definition) is 5. The van der Waals surface area contributed by atoms with Crippen molar-refractivity contribution in [2.75, 3.05) is 26.7 Å². The molecule has 1 aliphatic rings. The van der Waals surface area contributed by atoms with Crippen LogP contribution in [0.5, 0.6) is 5.75 Å². The summed E-state index contributed by atoms with van der Waals surface area (Å²) in [5, 5.41) is 6.85. The van der Waals surface area contributed by atoms with E-state index in [1.54, 1.807) is 18.3 Å². The normalized spacial score (nSPS) is 16.2. The Hall–Kier alpha value is -2.43. The number of nitrogens with zero attached hydrogens (tertiary/aromatic N) is 2. The lowest BCUT2D eigenvalue weighted by molar-refractivity contribution is 0.0292. The summed E-state index contributed by atoms with van der Waals surface area (Å²) < 4.78 is 16.1. The average molecular weight is 570 g/mol. The molecule has 0 bridgehead atoms. The van der Waals surface area contributed by atoms with Crippen LogP contribution in [-0.2, 0) is 17.7 Å². The van der Waals surface area contributed by atoms with Gasteiger partial charge in [0.05, 0.1) is 19.9 Å². The molecule has 2 N–H and O–H groups in total. The van der Waals surface area contributed by atoms with Crippen LogP contribution in [0.3, 0.4) is 0 Å². The van der Waals surface area contributed by atoms with Crippen molar-refractivity contribution in [2.24, 2.45) is 4.99 Å². The summed E-state index contributed by atoms with van der Waals surface area (Å²) in [5.41, 5.74) is 0.584. The molecule has 9 heteroatoms. The van der Waals surface area contributed by atoms with Crippen LogP contribution in [0.25, 0.3) is 0 Å². The molecule has 0 aliphatic carbocycles. The second-order valence-corrected chi connectivity index (χ2v) is 8.83. The van der Waals surface area contributed by atoms with E-state index < -0.39 is 5.60 Å². The first-order valence-corrected chi connectivity index (χ1v) is 11.0. The van der Waals surface area contributed by atoms with Gasteiger partial charge < -0.3 is 29.4 Å². The predicted molar refractivity (Wildman–Crippen MR) is 139 cm³/mol. The number of carbonyl (C=O) groups is 1. The molecule has 3 rings (SSSR count). The minimum atomic E-state index is -0.499. The SMILES string of the molecule is COc1ccc(CN=C(NCCc2ccco2)NC2CCN(C(=O)OC(C)(C)C)C2)cc1.I. The molecule has 1 unspecified atom stereocenters. The number of halogens is 1. The lowest BCUT2D eigenvalue weighted by atomic mass is 10.2. The second kappa shape index (κ2) is 12.7. The molecule has 2 heterocycles. The van der Waals surface area contributed by atoms with Crippen LogP contribution in [0.2, 0.25) is 0 Å². The van der Waals surface area contributed by atoms with Gasteiger partial charge in [0.15, 0.2) is 5.96 Å². The number of guanidine groups is 1. The van der Waals surface area contributed by atoms with Crippen molar-refractivity contribution < 1.29 is 18.7 Å². The van der Waals surface area contributed by atoms with Crippen molar-refractivity contribution in [3.05, 3.63) is 54.0 Å². The van der Waals surface area contributed by atoms with Gasteiger partial charge in [0.25, 0.3) is 0 Å². The number of ether oxygens (including phenoxy) is 2. The molecule has 0 radical (unpaired) electrons. The third-order valence-corrected chi connectivity index (χ3v) is 5.00. The number of likely N-dealkylation sites (tertiary alicyclic amines) is 1. The van der Waals surface area contributed by atoms with Gasteiger partial charge in [-0.15, -0.1) is 24.0 Å². The van der Waals surface area contributed by atoms with Gasteiger partial charge in [0.1, 0.15) is 17.1 Å². The van der Waals surface area contributed by atoms with E-state index in [-0.39, 0.29) is 36.1 Å². The standard InChI is InChI=1S/C24H34N4O4.HI/c1-24(2,3)32-23(29)28-14-12-19(17-28)27-22(25-13-11-21-6-5-15-31-21)26-16-18-7-9-20(30-4)10-8-18;/h5-10,15,19H,11-14,16-17H2,1-4H3,(H2,25,26,27);1H. The van der Waals surface area contributed by atoms with E-state index in [9.17, 15) is 4.79 Å². The Balaban J connectivity index is 0.00000385. The van der Waals surface area contributed by atoms with Gasteiger partial charge >= 0.3 is 6.09 Å². The van der Waals surface area contributed by atoms with Crippen molar-refractivity contribution in [3.8, 4) is 5.75 Å². The number of furan rings is 1. The van der Waals surface area contributed by atoms with Gasteiger partial charge in [-0.2, -0.15) is 0 Å². The largest absolute Gasteiger partial charge is 0.497 e. The van der Waals surface area contributed by atoms with Gasteiger partial charge in [-0.25, -0.2) is 9.79 Å². The molecule has 182 valence electrons. The van der Waals surface area contributed by atoms with Crippen LogP contribution in [0.15, 0.2) is 52.1 Å². The van der Waals surface area contributed by atoms with Crippen molar-refractivity contribution in [3.63, 3.8) is 0 Å². The summed E-state index contributed by atoms with van der Waals surface area (Å²) >= 11 is 0. The minimum absolute atomic E-state index is 0. The van der Waals surface area contributed by atoms with E-state index in [1.165, 1.54) is 0 Å². The van der Waals surface area contributed by atoms with Crippen molar-refractivity contribution in [2.45, 2.75) is 51.8 Å². The Morgan fingerprint density at radius 3 is 2.64 bits per heavy atom. The molecule has 1 atom stereocenters. The van der Waals surface area contributed by atoms with Crippen molar-refractivity contribution in [1.29, 1.82) is 0 Å². The molecule has 1 saturated heterocycles. The highest BCUT2D eigenvalue weighted by Crippen LogP contribution is 2.16. The minimum Gasteiger partial charge on any atom is -0.497 e. The quantitative estimate of drug-likeness (QED) is 0.295. The fourth-order valence-corrected chi connectivity index (χ4v) is 3.38. The predicted octanol–water partition coefficient (Wildman–Crippen LogP) is 4.19. The van der Waals surface area contributed by atoms with Crippen LogP contribution >= 0.6 is 24.0 Å². The lowest BCUT2D eigenvalue weighted by Gasteiger charge is -2.24. The zero-order valence-corrected chi connectivity index (χ0v) is 22.1. The fraction of sp³-hybridized carbons (Fsp3) is 0.500. The lowest BCUT2D eigenvalue weighted by Crippen LogP contribution is -2.46. The number of hydrogen-bond donors (Lipinski definition) is 2. The van der Waals surface area contributed by atoms with E-state index in [0.29, 0.717) is 32.1 Å². The summed E-state index contributed by atoms with van der Waals surface area (Å²) in [6, 6.07) is 11.8. The number of nitrogens with one attached hydrogen (secondary N) is 2. The third kappa shape index (κ3) is 9.15. The highest BCUT2D eigenvalue weighted by molar-refractivity contribution is 14.0. The number of rotatable bonds is 7. The Morgan fingerprint density at radius 2 is 2.00 bits per heavy atom. The van der Waals surface area contributed by atoms with Crippen molar-refractivity contribution in [1.82, 2.24) is 15.5 Å². The topological polar surface area (TPSA) is 88.3 Å². The van der Waals surface area contributed by atoms with Crippen molar-refractivity contribution >= 4 is 36.0 Å². The summed E-state index contributed by atoms with van der Waals surface area (Å²) in [6.07, 6.45) is 2.99. The Kier molecular flexibility index (Phi) is 10.3. The van der Waals surface area contributed by atoms with Crippen LogP contribution in [0, 0.1) is 0 Å². The Morgan fingerprint density at radius 1 is 1.24 bits per heavy atom. The maximum Gasteiger partial charge on any atom is 0.410 e. The highest BCUT2D eigenvalue weighted by atomic mass is 127. The van der Waals surface area contributed by atoms with Gasteiger partial charge in [0.2, 0.25) is 0 Å². The van der Waals surface area contributed by atoms with Crippen LogP contribution in [0.1, 0.15) is 38.5 Å². The fourth-order valence-electron chi connectivity index (χ4n) is 3.38. The van der Waals surface area contributed by atoms with Crippen LogP contribution in [-0.4, -0.2) is 55.3 Å². The van der Waals surface area contributed by atoms with Crippen LogP contribution in [0.4, 0.5) is 4.79 Å². The van der Waals surface area contributed by atoms with Gasteiger partial charge in [-0.1, -0.05) is 12.1 Å². The van der Waals surface area contributed by atoms with E-state index >= 15 is 0 Å². The molecule has 0 spiro atoms. The number of benzene rings is 1. The first-order chi connectivity index (χ1) is 15.3. The molecule has 0 saturated carbocycles. The van der Waals surface area contributed by atoms with Gasteiger partial charge in [-0.05, 0) is 57.0 Å². The number of amides is 1. The number of methoxy groups -OCH3 is 1. The molecule has 2 aromatic rings. The monoisotopic (exact) mass is 570 g/mol. The zero-order chi connectivity index (χ0) is 23.0. The zero-order valence-electron chi connectivity index (χ0n) is 19.8. The molecule has 1 fully saturated rings. The molecule has 1 aromatic heterocycles. The number of aliphatic imine (C=N–C) groups is 1. The van der Waals surface area contributed by atoms with E-state index in [2.05, 4.69) is 10.6 Å². The molecule has 33 heavy (non-hydrogen) atoms. The summed E-state index contributed by atoms with van der Waals surface area (Å²) in [5.74, 6) is 2.45. The van der Waals surface area contributed by atoms with Gasteiger partial charge in [-0.3, -0.25) is 0 Å². The Labute approximate surface area is 213 Å². The summed E-state index contributed by atoms with van der Waals surface area (Å²) in [6.45, 7) is 8.09. The molecule has 1 amide bonds. The van der Waals surface area contributed by atoms with E-state index in [0.717, 1.165) is 29.9 Å². The second-order valence-electron chi connectivity index (χ2n) is 8.83. The summed E-state index contributed by atoms with van der Waals surface area (Å²) in [7, 11) is 1.65. The molecular weight excluding hydrogens is 535 g/mol. The average Bonchev–Trinajstić information content (AvgIpc) is 3.43. The van der Waals surface area contributed by atoms with E-state index in [4.69, 9.17) is 18.9 Å². The Bertz CT molecular complexity index is 879. The maximum absolute atomic E-state index is 12.4. The van der Waals surface area contributed by atoms with Crippen LogP contribution < -0.4 is 15.4 Å². The van der Waals surface area contributed by atoms with E-state index in [1.807, 2.05) is 57.2 Å². The molecular formula is C24H35IN4O4. The van der Waals surface area contributed by atoms with Gasteiger partial charge in [0, 0.05) is 32.1 Å². The summed E-state index contributed by atoms with van der Waals surface area (Å²) in [4.78, 5) is 18.9. The third-order valence-electron chi connectivity index (χ3n) is 5.00. The first kappa shape index (κ1) is 26.8. The maximum atomic E-state index is 12.4. The molecule has 8 nitrogen and oxygen atoms in total. The number of carbonyl (C=O) groups excluding carboxylic acids is 1.